The van der Waals surface area contributed by atoms with E-state index in [4.69, 9.17) is 9.72 Å². The molecule has 1 heterocycles. The molecule has 0 saturated carbocycles. The minimum absolute atomic E-state index is 0.0533. The van der Waals surface area contributed by atoms with Crippen LogP contribution in [0.15, 0.2) is 97.2 Å². The average molecular weight is 564 g/mol. The lowest BCUT2D eigenvalue weighted by Gasteiger charge is -2.20. The lowest BCUT2D eigenvalue weighted by Crippen LogP contribution is -2.13. The topological polar surface area (TPSA) is 39.2 Å². The highest BCUT2D eigenvalue weighted by Gasteiger charge is 2.25. The fourth-order valence-electron chi connectivity index (χ4n) is 5.88. The molecule has 42 heavy (non-hydrogen) atoms. The third-order valence-corrected chi connectivity index (χ3v) is 7.84. The van der Waals surface area contributed by atoms with Gasteiger partial charge in [0.1, 0.15) is 29.0 Å². The predicted octanol–water partition coefficient (Wildman–Crippen LogP) is 8.64. The number of benzene rings is 4. The molecule has 0 bridgehead atoms. The van der Waals surface area contributed by atoms with E-state index in [1.165, 1.54) is 24.3 Å². The molecule has 6 rings (SSSR count). The van der Waals surface area contributed by atoms with Crippen LogP contribution in [0.5, 0.6) is 5.75 Å². The molecule has 210 valence electrons. The van der Waals surface area contributed by atoms with Crippen molar-refractivity contribution in [2.45, 2.75) is 31.6 Å². The van der Waals surface area contributed by atoms with Crippen LogP contribution in [0.4, 0.5) is 13.2 Å². The van der Waals surface area contributed by atoms with Gasteiger partial charge in [-0.15, -0.1) is 0 Å². The van der Waals surface area contributed by atoms with Gasteiger partial charge in [0.25, 0.3) is 0 Å². The van der Waals surface area contributed by atoms with E-state index in [-0.39, 0.29) is 30.9 Å². The van der Waals surface area contributed by atoms with Crippen molar-refractivity contribution >= 4 is 22.1 Å². The molecule has 0 spiro atoms. The van der Waals surface area contributed by atoms with E-state index >= 15 is 0 Å². The van der Waals surface area contributed by atoms with Crippen LogP contribution in [0.2, 0.25) is 0 Å². The summed E-state index contributed by atoms with van der Waals surface area (Å²) in [6.45, 7) is 0. The summed E-state index contributed by atoms with van der Waals surface area (Å²) in [4.78, 5) is 18.3. The summed E-state index contributed by atoms with van der Waals surface area (Å²) in [5, 5.41) is 2.04. The highest BCUT2D eigenvalue weighted by atomic mass is 19.1. The lowest BCUT2D eigenvalue weighted by atomic mass is 9.85. The molecular weight excluding hydrogens is 535 g/mol. The van der Waals surface area contributed by atoms with E-state index in [2.05, 4.69) is 6.07 Å². The summed E-state index contributed by atoms with van der Waals surface area (Å²) in [6, 6.07) is 23.8. The first-order valence-corrected chi connectivity index (χ1v) is 13.8. The number of fused-ring (bicyclic) bond motifs is 2. The van der Waals surface area contributed by atoms with Crippen LogP contribution in [0.1, 0.15) is 41.1 Å². The van der Waals surface area contributed by atoms with Crippen molar-refractivity contribution in [1.82, 2.24) is 4.98 Å². The largest absolute Gasteiger partial charge is 0.497 e. The number of hydrogen-bond acceptors (Lipinski definition) is 3. The maximum atomic E-state index is 14.2. The van der Waals surface area contributed by atoms with Gasteiger partial charge in [0.15, 0.2) is 0 Å². The number of allylic oxidation sites excluding steroid dienone is 2. The Bertz CT molecular complexity index is 1830. The molecule has 0 saturated heterocycles. The number of carbonyl (C=O) groups is 1. The van der Waals surface area contributed by atoms with E-state index in [1.807, 2.05) is 48.5 Å². The molecule has 0 fully saturated rings. The molecule has 0 aliphatic heterocycles. The van der Waals surface area contributed by atoms with Gasteiger partial charge in [0.05, 0.1) is 12.8 Å². The van der Waals surface area contributed by atoms with Crippen LogP contribution in [0.25, 0.3) is 27.5 Å². The zero-order chi connectivity index (χ0) is 29.2. The van der Waals surface area contributed by atoms with Crippen LogP contribution in [0.3, 0.4) is 0 Å². The van der Waals surface area contributed by atoms with Crippen molar-refractivity contribution in [2.75, 3.05) is 7.11 Å². The number of ether oxygens (including phenoxy) is 1. The average Bonchev–Trinajstić information content (AvgIpc) is 3.37. The molecule has 4 aromatic carbocycles. The van der Waals surface area contributed by atoms with E-state index in [0.717, 1.165) is 50.4 Å². The normalized spacial score (nSPS) is 13.1. The van der Waals surface area contributed by atoms with Gasteiger partial charge in [-0.1, -0.05) is 36.4 Å². The Balaban J connectivity index is 1.35. The Morgan fingerprint density at radius 1 is 0.857 bits per heavy atom. The SMILES string of the molecule is COc1ccc2cc(-c3cccnc3[C@@H](CC(=O)CC3=CCc4ccc(F)cc43)Cc3cc(F)cc(F)c3)ccc2c1. The van der Waals surface area contributed by atoms with E-state index < -0.39 is 17.6 Å². The Kier molecular flexibility index (Phi) is 7.62. The van der Waals surface area contributed by atoms with Crippen LogP contribution in [-0.2, 0) is 17.6 Å². The van der Waals surface area contributed by atoms with Crippen molar-refractivity contribution in [2.24, 2.45) is 0 Å². The number of halogens is 3. The summed E-state index contributed by atoms with van der Waals surface area (Å²) in [5.41, 5.74) is 5.44. The van der Waals surface area contributed by atoms with E-state index in [0.29, 0.717) is 17.7 Å². The van der Waals surface area contributed by atoms with Gasteiger partial charge in [-0.2, -0.15) is 0 Å². The first-order valence-electron chi connectivity index (χ1n) is 13.8. The van der Waals surface area contributed by atoms with Gasteiger partial charge in [0, 0.05) is 36.6 Å². The van der Waals surface area contributed by atoms with Gasteiger partial charge >= 0.3 is 0 Å². The summed E-state index contributed by atoms with van der Waals surface area (Å²) in [7, 11) is 1.63. The van der Waals surface area contributed by atoms with Gasteiger partial charge in [-0.25, -0.2) is 13.2 Å². The van der Waals surface area contributed by atoms with Crippen LogP contribution in [0, 0.1) is 17.5 Å². The molecule has 5 aromatic rings. The second kappa shape index (κ2) is 11.6. The smallest absolute Gasteiger partial charge is 0.137 e. The first kappa shape index (κ1) is 27.5. The molecule has 0 radical (unpaired) electrons. The standard InChI is InChI=1S/C36H28F3NO2/c1-42-33-11-9-24-16-26(7-5-25(24)19-33)34-3-2-12-40-36(34)28(13-22-14-30(38)20-31(39)15-22)18-32(41)17-27-6-4-23-8-10-29(37)21-35(23)27/h2-3,5-12,14-16,19-21,28H,4,13,17-18H2,1H3/t28-/m1/s1. The number of carbonyl (C=O) groups excluding carboxylic acids is 1. The summed E-state index contributed by atoms with van der Waals surface area (Å²) in [6.07, 6.45) is 4.77. The second-order valence-electron chi connectivity index (χ2n) is 10.7. The van der Waals surface area contributed by atoms with Crippen LogP contribution in [-0.4, -0.2) is 17.9 Å². The van der Waals surface area contributed by atoms with E-state index in [1.54, 1.807) is 19.4 Å². The van der Waals surface area contributed by atoms with Crippen molar-refractivity contribution in [3.63, 3.8) is 0 Å². The molecule has 1 aromatic heterocycles. The Morgan fingerprint density at radius 3 is 2.45 bits per heavy atom. The van der Waals surface area contributed by atoms with Crippen LogP contribution < -0.4 is 4.74 Å². The monoisotopic (exact) mass is 563 g/mol. The van der Waals surface area contributed by atoms with Crippen molar-refractivity contribution in [3.05, 3.63) is 137 Å². The van der Waals surface area contributed by atoms with Gasteiger partial charge in [-0.3, -0.25) is 9.78 Å². The fourth-order valence-corrected chi connectivity index (χ4v) is 5.88. The maximum Gasteiger partial charge on any atom is 0.137 e. The molecular formula is C36H28F3NO2. The Hall–Kier alpha value is -4.71. The summed E-state index contributed by atoms with van der Waals surface area (Å²) >= 11 is 0. The number of hydrogen-bond donors (Lipinski definition) is 0. The lowest BCUT2D eigenvalue weighted by molar-refractivity contribution is -0.118. The van der Waals surface area contributed by atoms with Crippen LogP contribution >= 0.6 is 0 Å². The number of nitrogens with zero attached hydrogens (tertiary/aromatic N) is 1. The zero-order valence-electron chi connectivity index (χ0n) is 23.0. The van der Waals surface area contributed by atoms with Crippen molar-refractivity contribution < 1.29 is 22.7 Å². The minimum atomic E-state index is -0.670. The molecule has 1 aliphatic carbocycles. The van der Waals surface area contributed by atoms with Crippen molar-refractivity contribution in [1.29, 1.82) is 0 Å². The van der Waals surface area contributed by atoms with Gasteiger partial charge in [0.2, 0.25) is 0 Å². The quantitative estimate of drug-likeness (QED) is 0.180. The third kappa shape index (κ3) is 5.84. The molecule has 0 unspecified atom stereocenters. The Labute approximate surface area is 242 Å². The second-order valence-corrected chi connectivity index (χ2v) is 10.7. The van der Waals surface area contributed by atoms with E-state index in [9.17, 15) is 18.0 Å². The first-order chi connectivity index (χ1) is 20.4. The predicted molar refractivity (Wildman–Crippen MR) is 159 cm³/mol. The van der Waals surface area contributed by atoms with Gasteiger partial charge in [-0.05, 0) is 100.0 Å². The number of pyridine rings is 1. The molecule has 0 amide bonds. The fraction of sp³-hybridized carbons (Fsp3) is 0.167. The number of ketones is 1. The summed E-state index contributed by atoms with van der Waals surface area (Å²) < 4.78 is 47.6. The molecule has 3 nitrogen and oxygen atoms in total. The molecule has 1 atom stereocenters. The molecule has 1 aliphatic rings. The Morgan fingerprint density at radius 2 is 1.64 bits per heavy atom. The number of aromatic nitrogens is 1. The third-order valence-electron chi connectivity index (χ3n) is 7.84. The zero-order valence-corrected chi connectivity index (χ0v) is 23.0. The number of Topliss-reactive ketones (excluding diaryl/α,β-unsaturated/α-hetero) is 1. The molecule has 0 N–H and O–H groups in total. The van der Waals surface area contributed by atoms with Gasteiger partial charge < -0.3 is 4.74 Å². The molecule has 6 heteroatoms. The number of rotatable bonds is 9. The highest BCUT2D eigenvalue weighted by molar-refractivity contribution is 5.93. The number of methoxy groups -OCH3 is 1. The highest BCUT2D eigenvalue weighted by Crippen LogP contribution is 2.36. The minimum Gasteiger partial charge on any atom is -0.497 e. The summed E-state index contributed by atoms with van der Waals surface area (Å²) in [5.74, 6) is -1.42. The van der Waals surface area contributed by atoms with Crippen molar-refractivity contribution in [3.8, 4) is 16.9 Å². The maximum absolute atomic E-state index is 14.2.